The third-order valence-corrected chi connectivity index (χ3v) is 2.29. The minimum Gasteiger partial charge on any atom is -0.489 e. The fraction of sp³-hybridized carbons (Fsp3) is 0.308. The highest BCUT2D eigenvalue weighted by atomic mass is 16.5. The molecule has 0 radical (unpaired) electrons. The van der Waals surface area contributed by atoms with E-state index in [1.807, 2.05) is 32.9 Å². The van der Waals surface area contributed by atoms with Gasteiger partial charge in [0.25, 0.3) is 0 Å². The largest absolute Gasteiger partial charge is 0.489 e. The first-order valence-electron chi connectivity index (χ1n) is 5.81. The molecule has 2 rings (SSSR count). The Bertz CT molecular complexity index is 535. The van der Waals surface area contributed by atoms with Crippen LogP contribution in [0.15, 0.2) is 24.3 Å². The van der Waals surface area contributed by atoms with Crippen LogP contribution in [0, 0.1) is 6.92 Å². The van der Waals surface area contributed by atoms with Gasteiger partial charge in [0.1, 0.15) is 11.4 Å². The molecule has 2 aromatic rings. The fourth-order valence-corrected chi connectivity index (χ4v) is 1.53. The van der Waals surface area contributed by atoms with Crippen molar-refractivity contribution in [2.45, 2.75) is 26.9 Å². The number of H-pyrrole nitrogens is 1. The van der Waals surface area contributed by atoms with Crippen molar-refractivity contribution < 1.29 is 9.47 Å². The van der Waals surface area contributed by atoms with E-state index in [1.165, 1.54) is 0 Å². The van der Waals surface area contributed by atoms with Crippen molar-refractivity contribution >= 4 is 5.69 Å². The zero-order chi connectivity index (χ0) is 13.1. The number of aromatic amines is 1. The van der Waals surface area contributed by atoms with Crippen molar-refractivity contribution in [3.63, 3.8) is 0 Å². The molecular formula is C13H17N3O2. The molecule has 0 spiro atoms. The number of aryl methyl sites for hydroxylation is 1. The van der Waals surface area contributed by atoms with E-state index in [2.05, 4.69) is 10.2 Å². The number of para-hydroxylation sites is 1. The third kappa shape index (κ3) is 2.74. The monoisotopic (exact) mass is 247 g/mol. The number of aromatic nitrogens is 2. The molecule has 0 saturated carbocycles. The Balaban J connectivity index is 2.23. The van der Waals surface area contributed by atoms with Crippen molar-refractivity contribution in [2.75, 3.05) is 5.73 Å². The van der Waals surface area contributed by atoms with Gasteiger partial charge in [-0.1, -0.05) is 6.07 Å². The summed E-state index contributed by atoms with van der Waals surface area (Å²) in [5, 5.41) is 6.81. The molecule has 5 heteroatoms. The van der Waals surface area contributed by atoms with Crippen LogP contribution in [0.2, 0.25) is 0 Å². The van der Waals surface area contributed by atoms with E-state index in [-0.39, 0.29) is 6.10 Å². The third-order valence-electron chi connectivity index (χ3n) is 2.29. The first-order valence-corrected chi connectivity index (χ1v) is 5.81. The second-order valence-corrected chi connectivity index (χ2v) is 4.33. The van der Waals surface area contributed by atoms with Gasteiger partial charge in [0.05, 0.1) is 6.10 Å². The van der Waals surface area contributed by atoms with Crippen molar-refractivity contribution in [1.82, 2.24) is 10.2 Å². The average Bonchev–Trinajstić information content (AvgIpc) is 2.69. The van der Waals surface area contributed by atoms with Crippen LogP contribution in [0.1, 0.15) is 19.5 Å². The van der Waals surface area contributed by atoms with E-state index in [9.17, 15) is 0 Å². The molecule has 0 bridgehead atoms. The highest BCUT2D eigenvalue weighted by Gasteiger charge is 2.10. The van der Waals surface area contributed by atoms with E-state index in [1.54, 1.807) is 12.1 Å². The normalized spacial score (nSPS) is 10.7. The summed E-state index contributed by atoms with van der Waals surface area (Å²) in [4.78, 5) is 0. The molecule has 96 valence electrons. The van der Waals surface area contributed by atoms with Crippen molar-refractivity contribution in [3.8, 4) is 17.4 Å². The van der Waals surface area contributed by atoms with Crippen molar-refractivity contribution in [2.24, 2.45) is 0 Å². The van der Waals surface area contributed by atoms with Crippen LogP contribution in [0.5, 0.6) is 17.4 Å². The molecule has 0 unspecified atom stereocenters. The van der Waals surface area contributed by atoms with Crippen LogP contribution in [0.25, 0.3) is 0 Å². The molecule has 0 amide bonds. The predicted molar refractivity (Wildman–Crippen MR) is 70.0 cm³/mol. The first kappa shape index (κ1) is 12.3. The summed E-state index contributed by atoms with van der Waals surface area (Å²) in [5.74, 6) is 1.65. The lowest BCUT2D eigenvalue weighted by molar-refractivity contribution is 0.243. The predicted octanol–water partition coefficient (Wildman–Crippen LogP) is 2.88. The van der Waals surface area contributed by atoms with E-state index >= 15 is 0 Å². The molecule has 1 heterocycles. The maximum absolute atomic E-state index is 6.00. The standard InChI is InChI=1S/C13H17N3O2/c1-8(2)17-10-5-4-6-11(13(10)14)18-12-7-9(3)15-16-12/h4-8H,14H2,1-3H3,(H,15,16). The number of benzene rings is 1. The summed E-state index contributed by atoms with van der Waals surface area (Å²) < 4.78 is 11.2. The number of hydrogen-bond acceptors (Lipinski definition) is 4. The Morgan fingerprint density at radius 3 is 2.61 bits per heavy atom. The molecule has 1 aromatic carbocycles. The van der Waals surface area contributed by atoms with Crippen LogP contribution in [-0.2, 0) is 0 Å². The number of nitrogens with one attached hydrogen (secondary N) is 1. The summed E-state index contributed by atoms with van der Waals surface area (Å²) in [5.41, 5.74) is 7.41. The topological polar surface area (TPSA) is 73.2 Å². The van der Waals surface area contributed by atoms with Crippen molar-refractivity contribution in [3.05, 3.63) is 30.0 Å². The van der Waals surface area contributed by atoms with Crippen LogP contribution in [0.4, 0.5) is 5.69 Å². The summed E-state index contributed by atoms with van der Waals surface area (Å²) in [6.45, 7) is 5.80. The van der Waals surface area contributed by atoms with Crippen LogP contribution in [0.3, 0.4) is 0 Å². The Morgan fingerprint density at radius 1 is 1.28 bits per heavy atom. The molecule has 0 fully saturated rings. The molecule has 0 aliphatic carbocycles. The number of ether oxygens (including phenoxy) is 2. The number of nitrogen functional groups attached to an aromatic ring is 1. The molecule has 0 aliphatic heterocycles. The number of nitrogens with two attached hydrogens (primary N) is 1. The van der Waals surface area contributed by atoms with E-state index < -0.39 is 0 Å². The maximum atomic E-state index is 6.00. The highest BCUT2D eigenvalue weighted by Crippen LogP contribution is 2.34. The van der Waals surface area contributed by atoms with Crippen molar-refractivity contribution in [1.29, 1.82) is 0 Å². The fourth-order valence-electron chi connectivity index (χ4n) is 1.53. The number of hydrogen-bond donors (Lipinski definition) is 2. The minimum absolute atomic E-state index is 0.0650. The van der Waals surface area contributed by atoms with Gasteiger partial charge in [0, 0.05) is 11.8 Å². The number of rotatable bonds is 4. The highest BCUT2D eigenvalue weighted by molar-refractivity contribution is 5.63. The smallest absolute Gasteiger partial charge is 0.238 e. The Kier molecular flexibility index (Phi) is 3.41. The molecule has 0 saturated heterocycles. The van der Waals surface area contributed by atoms with Crippen LogP contribution >= 0.6 is 0 Å². The van der Waals surface area contributed by atoms with Gasteiger partial charge < -0.3 is 15.2 Å². The van der Waals surface area contributed by atoms with E-state index in [0.29, 0.717) is 23.1 Å². The Labute approximate surface area is 106 Å². The zero-order valence-electron chi connectivity index (χ0n) is 10.7. The van der Waals surface area contributed by atoms with Gasteiger partial charge in [-0.2, -0.15) is 0 Å². The zero-order valence-corrected chi connectivity index (χ0v) is 10.7. The SMILES string of the molecule is Cc1cc(Oc2cccc(OC(C)C)c2N)n[nH]1. The van der Waals surface area contributed by atoms with Gasteiger partial charge >= 0.3 is 0 Å². The van der Waals surface area contributed by atoms with Gasteiger partial charge in [-0.05, 0) is 32.9 Å². The van der Waals surface area contributed by atoms with Gasteiger partial charge in [0.2, 0.25) is 5.88 Å². The van der Waals surface area contributed by atoms with E-state index in [0.717, 1.165) is 5.69 Å². The molecular weight excluding hydrogens is 230 g/mol. The van der Waals surface area contributed by atoms with Crippen LogP contribution < -0.4 is 15.2 Å². The van der Waals surface area contributed by atoms with Gasteiger partial charge in [-0.15, -0.1) is 5.10 Å². The first-order chi connectivity index (χ1) is 8.56. The molecule has 3 N–H and O–H groups in total. The van der Waals surface area contributed by atoms with Gasteiger partial charge in [0.15, 0.2) is 5.75 Å². The van der Waals surface area contributed by atoms with E-state index in [4.69, 9.17) is 15.2 Å². The number of anilines is 1. The van der Waals surface area contributed by atoms with Crippen LogP contribution in [-0.4, -0.2) is 16.3 Å². The summed E-state index contributed by atoms with van der Waals surface area (Å²) in [6, 6.07) is 7.24. The lowest BCUT2D eigenvalue weighted by atomic mass is 10.2. The summed E-state index contributed by atoms with van der Waals surface area (Å²) in [7, 11) is 0. The summed E-state index contributed by atoms with van der Waals surface area (Å²) in [6.07, 6.45) is 0.0650. The van der Waals surface area contributed by atoms with Gasteiger partial charge in [-0.25, -0.2) is 0 Å². The minimum atomic E-state index is 0.0650. The molecule has 18 heavy (non-hydrogen) atoms. The Morgan fingerprint density at radius 2 is 2.00 bits per heavy atom. The lowest BCUT2D eigenvalue weighted by Gasteiger charge is -2.14. The quantitative estimate of drug-likeness (QED) is 0.815. The molecule has 1 aromatic heterocycles. The maximum Gasteiger partial charge on any atom is 0.238 e. The Hall–Kier alpha value is -2.17. The molecule has 0 aliphatic rings. The second kappa shape index (κ2) is 5.00. The average molecular weight is 247 g/mol. The number of nitrogens with zero attached hydrogens (tertiary/aromatic N) is 1. The van der Waals surface area contributed by atoms with Gasteiger partial charge in [-0.3, -0.25) is 5.10 Å². The summed E-state index contributed by atoms with van der Waals surface area (Å²) >= 11 is 0. The molecule has 0 atom stereocenters. The lowest BCUT2D eigenvalue weighted by Crippen LogP contribution is -2.07. The second-order valence-electron chi connectivity index (χ2n) is 4.33. The molecule has 5 nitrogen and oxygen atoms in total.